The first-order valence-corrected chi connectivity index (χ1v) is 7.90. The number of aromatic nitrogens is 1. The molecule has 0 saturated carbocycles. The van der Waals surface area contributed by atoms with Gasteiger partial charge in [-0.25, -0.2) is 13.6 Å². The van der Waals surface area contributed by atoms with Gasteiger partial charge in [-0.2, -0.15) is 0 Å². The normalized spacial score (nSPS) is 11.2. The molecular weight excluding hydrogens is 300 g/mol. The van der Waals surface area contributed by atoms with E-state index in [1.807, 2.05) is 0 Å². The van der Waals surface area contributed by atoms with E-state index in [2.05, 4.69) is 5.32 Å². The molecular formula is C11H12N4O3S2. The number of carbonyl (C=O) groups excluding carboxylic acids is 1. The van der Waals surface area contributed by atoms with E-state index >= 15 is 0 Å². The Morgan fingerprint density at radius 1 is 1.35 bits per heavy atom. The SMILES string of the molecule is N=c1sccn1CC(=O)Nc1ccc(S(N)(=O)=O)cc1. The third-order valence-corrected chi connectivity index (χ3v) is 4.11. The highest BCUT2D eigenvalue weighted by Gasteiger charge is 2.08. The quantitative estimate of drug-likeness (QED) is 0.754. The minimum absolute atomic E-state index is 0.0175. The van der Waals surface area contributed by atoms with Gasteiger partial charge in [-0.1, -0.05) is 0 Å². The first kappa shape index (κ1) is 14.4. The maximum Gasteiger partial charge on any atom is 0.244 e. The molecule has 2 aromatic rings. The van der Waals surface area contributed by atoms with Crippen molar-refractivity contribution in [3.63, 3.8) is 0 Å². The Morgan fingerprint density at radius 3 is 2.50 bits per heavy atom. The molecule has 0 fully saturated rings. The van der Waals surface area contributed by atoms with Gasteiger partial charge < -0.3 is 9.88 Å². The lowest BCUT2D eigenvalue weighted by molar-refractivity contribution is -0.116. The summed E-state index contributed by atoms with van der Waals surface area (Å²) in [6.07, 6.45) is 1.65. The number of primary sulfonamides is 1. The Kier molecular flexibility index (Phi) is 4.02. The predicted molar refractivity (Wildman–Crippen MR) is 74.6 cm³/mol. The molecule has 1 aromatic carbocycles. The standard InChI is InChI=1S/C11H12N4O3S2/c12-11-15(5-6-19-11)7-10(16)14-8-1-3-9(4-2-8)20(13,17)18/h1-6,12H,7H2,(H,14,16)(H2,13,17,18). The smallest absolute Gasteiger partial charge is 0.244 e. The molecule has 0 unspecified atom stereocenters. The zero-order chi connectivity index (χ0) is 14.8. The second-order valence-electron chi connectivity index (χ2n) is 3.95. The number of amides is 1. The zero-order valence-electron chi connectivity index (χ0n) is 10.2. The molecule has 1 aromatic heterocycles. The van der Waals surface area contributed by atoms with Gasteiger partial charge in [-0.3, -0.25) is 10.2 Å². The number of carbonyl (C=O) groups is 1. The van der Waals surface area contributed by atoms with E-state index in [4.69, 9.17) is 10.5 Å². The molecule has 2 rings (SSSR count). The number of anilines is 1. The molecule has 0 aliphatic rings. The van der Waals surface area contributed by atoms with Crippen molar-refractivity contribution in [1.29, 1.82) is 5.41 Å². The summed E-state index contributed by atoms with van der Waals surface area (Å²) in [4.78, 5) is 12.0. The van der Waals surface area contributed by atoms with Gasteiger partial charge in [-0.15, -0.1) is 11.3 Å². The van der Waals surface area contributed by atoms with Crippen LogP contribution >= 0.6 is 11.3 Å². The van der Waals surface area contributed by atoms with Crippen LogP contribution in [-0.4, -0.2) is 18.9 Å². The summed E-state index contributed by atoms with van der Waals surface area (Å²) in [5.41, 5.74) is 0.463. The Balaban J connectivity index is 2.05. The Morgan fingerprint density at radius 2 is 2.00 bits per heavy atom. The second kappa shape index (κ2) is 5.57. The average molecular weight is 312 g/mol. The van der Waals surface area contributed by atoms with Gasteiger partial charge in [0.2, 0.25) is 15.9 Å². The minimum atomic E-state index is -3.73. The summed E-state index contributed by atoms with van der Waals surface area (Å²) >= 11 is 1.23. The van der Waals surface area contributed by atoms with E-state index in [9.17, 15) is 13.2 Å². The number of nitrogens with two attached hydrogens (primary N) is 1. The first-order valence-electron chi connectivity index (χ1n) is 5.47. The third-order valence-electron chi connectivity index (χ3n) is 2.46. The van der Waals surface area contributed by atoms with Gasteiger partial charge in [0.15, 0.2) is 4.80 Å². The molecule has 4 N–H and O–H groups in total. The number of nitrogens with zero attached hydrogens (tertiary/aromatic N) is 1. The Hall–Kier alpha value is -1.97. The summed E-state index contributed by atoms with van der Waals surface area (Å²) in [5, 5.41) is 16.8. The number of nitrogens with one attached hydrogen (secondary N) is 2. The van der Waals surface area contributed by atoms with Gasteiger partial charge >= 0.3 is 0 Å². The zero-order valence-corrected chi connectivity index (χ0v) is 11.9. The largest absolute Gasteiger partial charge is 0.325 e. The van der Waals surface area contributed by atoms with E-state index in [0.29, 0.717) is 5.69 Å². The summed E-state index contributed by atoms with van der Waals surface area (Å²) < 4.78 is 23.7. The predicted octanol–water partition coefficient (Wildman–Crippen LogP) is 0.315. The lowest BCUT2D eigenvalue weighted by Crippen LogP contribution is -2.23. The van der Waals surface area contributed by atoms with Gasteiger partial charge in [0, 0.05) is 17.3 Å². The van der Waals surface area contributed by atoms with Crippen LogP contribution < -0.4 is 15.3 Å². The lowest BCUT2D eigenvalue weighted by atomic mass is 10.3. The van der Waals surface area contributed by atoms with E-state index in [-0.39, 0.29) is 22.1 Å². The third kappa shape index (κ3) is 3.53. The maximum atomic E-state index is 11.8. The van der Waals surface area contributed by atoms with Crippen LogP contribution in [0.3, 0.4) is 0 Å². The van der Waals surface area contributed by atoms with Gasteiger partial charge in [-0.05, 0) is 24.3 Å². The van der Waals surface area contributed by atoms with Crippen LogP contribution in [0.4, 0.5) is 5.69 Å². The van der Waals surface area contributed by atoms with Crippen molar-refractivity contribution in [2.45, 2.75) is 11.4 Å². The topological polar surface area (TPSA) is 118 Å². The van der Waals surface area contributed by atoms with Crippen LogP contribution in [0.2, 0.25) is 0 Å². The van der Waals surface area contributed by atoms with Gasteiger partial charge in [0.05, 0.1) is 4.90 Å². The number of hydrogen-bond acceptors (Lipinski definition) is 5. The van der Waals surface area contributed by atoms with E-state index < -0.39 is 10.0 Å². The minimum Gasteiger partial charge on any atom is -0.325 e. The molecule has 0 radical (unpaired) electrons. The van der Waals surface area contributed by atoms with Crippen LogP contribution in [-0.2, 0) is 21.4 Å². The molecule has 0 spiro atoms. The Labute approximate surface area is 119 Å². The van der Waals surface area contributed by atoms with Crippen molar-refractivity contribution in [1.82, 2.24) is 4.57 Å². The number of benzene rings is 1. The second-order valence-corrected chi connectivity index (χ2v) is 6.41. The van der Waals surface area contributed by atoms with Crippen molar-refractivity contribution < 1.29 is 13.2 Å². The van der Waals surface area contributed by atoms with Crippen LogP contribution in [0.5, 0.6) is 0 Å². The van der Waals surface area contributed by atoms with Crippen LogP contribution in [0.15, 0.2) is 40.7 Å². The van der Waals surface area contributed by atoms with Crippen LogP contribution in [0.1, 0.15) is 0 Å². The van der Waals surface area contributed by atoms with Crippen molar-refractivity contribution in [2.24, 2.45) is 5.14 Å². The molecule has 0 bridgehead atoms. The molecule has 7 nitrogen and oxygen atoms in total. The molecule has 20 heavy (non-hydrogen) atoms. The van der Waals surface area contributed by atoms with Gasteiger partial charge in [0.1, 0.15) is 6.54 Å². The first-order chi connectivity index (χ1) is 9.36. The van der Waals surface area contributed by atoms with Crippen LogP contribution in [0, 0.1) is 5.41 Å². The maximum absolute atomic E-state index is 11.8. The number of sulfonamides is 1. The molecule has 0 aliphatic heterocycles. The lowest BCUT2D eigenvalue weighted by Gasteiger charge is -2.06. The molecule has 0 aliphatic carbocycles. The van der Waals surface area contributed by atoms with E-state index in [1.165, 1.54) is 40.2 Å². The average Bonchev–Trinajstić information content (AvgIpc) is 2.74. The summed E-state index contributed by atoms with van der Waals surface area (Å²) in [5.74, 6) is -0.301. The van der Waals surface area contributed by atoms with E-state index in [0.717, 1.165) is 0 Å². The summed E-state index contributed by atoms with van der Waals surface area (Å²) in [7, 11) is -3.73. The van der Waals surface area contributed by atoms with E-state index in [1.54, 1.807) is 11.6 Å². The van der Waals surface area contributed by atoms with Crippen molar-refractivity contribution >= 4 is 33.0 Å². The van der Waals surface area contributed by atoms with Crippen molar-refractivity contribution in [2.75, 3.05) is 5.32 Å². The number of hydrogen-bond donors (Lipinski definition) is 3. The van der Waals surface area contributed by atoms with Crippen molar-refractivity contribution in [3.8, 4) is 0 Å². The van der Waals surface area contributed by atoms with Crippen LogP contribution in [0.25, 0.3) is 0 Å². The molecule has 9 heteroatoms. The number of thiazole rings is 1. The monoisotopic (exact) mass is 312 g/mol. The summed E-state index contributed by atoms with van der Waals surface area (Å²) in [6.45, 7) is 0.0271. The van der Waals surface area contributed by atoms with Gasteiger partial charge in [0.25, 0.3) is 0 Å². The highest BCUT2D eigenvalue weighted by atomic mass is 32.2. The molecule has 1 heterocycles. The molecule has 1 amide bonds. The fourth-order valence-corrected chi connectivity index (χ4v) is 2.62. The molecule has 106 valence electrons. The highest BCUT2D eigenvalue weighted by Crippen LogP contribution is 2.12. The molecule has 0 saturated heterocycles. The molecule has 0 atom stereocenters. The summed E-state index contributed by atoms with van der Waals surface area (Å²) in [6, 6.07) is 5.55. The Bertz CT molecular complexity index is 774. The fourth-order valence-electron chi connectivity index (χ4n) is 1.51. The number of rotatable bonds is 4. The highest BCUT2D eigenvalue weighted by molar-refractivity contribution is 7.89. The van der Waals surface area contributed by atoms with Crippen molar-refractivity contribution in [3.05, 3.63) is 40.6 Å². The fraction of sp³-hybridized carbons (Fsp3) is 0.0909.